The van der Waals surface area contributed by atoms with Crippen molar-refractivity contribution in [1.82, 2.24) is 0 Å². The van der Waals surface area contributed by atoms with Crippen LogP contribution in [0, 0.1) is 0 Å². The molecule has 0 unspecified atom stereocenters. The van der Waals surface area contributed by atoms with Gasteiger partial charge in [0.25, 0.3) is 0 Å². The summed E-state index contributed by atoms with van der Waals surface area (Å²) in [4.78, 5) is 12.7. The number of benzene rings is 1. The molecule has 0 fully saturated rings. The van der Waals surface area contributed by atoms with E-state index in [1.807, 2.05) is 24.3 Å². The number of esters is 1. The summed E-state index contributed by atoms with van der Waals surface area (Å²) < 4.78 is 5.25. The van der Waals surface area contributed by atoms with Crippen molar-refractivity contribution in [2.75, 3.05) is 12.4 Å². The van der Waals surface area contributed by atoms with Crippen LogP contribution in [0.2, 0.25) is 5.02 Å². The topological polar surface area (TPSA) is 26.3 Å². The third-order valence-corrected chi connectivity index (χ3v) is 4.67. The van der Waals surface area contributed by atoms with Crippen LogP contribution in [0.15, 0.2) is 29.2 Å². The summed E-state index contributed by atoms with van der Waals surface area (Å²) in [5, 5.41) is 0.710. The number of hydrogen-bond acceptors (Lipinski definition) is 3. The number of unbranched alkanes of at least 4 members (excludes halogenated alkanes) is 7. The highest BCUT2D eigenvalue weighted by Crippen LogP contribution is 2.20. The van der Waals surface area contributed by atoms with E-state index in [9.17, 15) is 4.79 Å². The van der Waals surface area contributed by atoms with Crippen molar-refractivity contribution >= 4 is 29.3 Å². The van der Waals surface area contributed by atoms with Crippen LogP contribution in [0.4, 0.5) is 0 Å². The molecule has 0 spiro atoms. The summed E-state index contributed by atoms with van der Waals surface area (Å²) in [5.41, 5.74) is 0. The summed E-state index contributed by atoms with van der Waals surface area (Å²) in [6, 6.07) is 7.49. The lowest BCUT2D eigenvalue weighted by Gasteiger charge is -2.05. The van der Waals surface area contributed by atoms with Crippen molar-refractivity contribution in [3.05, 3.63) is 29.3 Å². The SMILES string of the molecule is CCCCCCCCCCOC(=O)CSc1ccc(Cl)cc1. The Hall–Kier alpha value is -0.670. The average molecular weight is 343 g/mol. The lowest BCUT2D eigenvalue weighted by atomic mass is 10.1. The van der Waals surface area contributed by atoms with E-state index in [4.69, 9.17) is 16.3 Å². The normalized spacial score (nSPS) is 10.6. The molecule has 2 nitrogen and oxygen atoms in total. The Kier molecular flexibility index (Phi) is 11.3. The first-order valence-corrected chi connectivity index (χ1v) is 9.62. The highest BCUT2D eigenvalue weighted by atomic mass is 35.5. The minimum atomic E-state index is -0.136. The number of thioether (sulfide) groups is 1. The number of rotatable bonds is 12. The van der Waals surface area contributed by atoms with Crippen molar-refractivity contribution in [1.29, 1.82) is 0 Å². The molecule has 0 radical (unpaired) electrons. The Bertz CT molecular complexity index is 406. The van der Waals surface area contributed by atoms with Crippen LogP contribution >= 0.6 is 23.4 Å². The Morgan fingerprint density at radius 1 is 1.00 bits per heavy atom. The molecule has 0 aromatic heterocycles. The highest BCUT2D eigenvalue weighted by Gasteiger charge is 2.04. The summed E-state index contributed by atoms with van der Waals surface area (Å²) in [6.07, 6.45) is 10.0. The van der Waals surface area contributed by atoms with Crippen LogP contribution < -0.4 is 0 Å². The number of halogens is 1. The molecule has 0 heterocycles. The lowest BCUT2D eigenvalue weighted by Crippen LogP contribution is -2.08. The smallest absolute Gasteiger partial charge is 0.316 e. The summed E-state index contributed by atoms with van der Waals surface area (Å²) in [7, 11) is 0. The van der Waals surface area contributed by atoms with E-state index in [1.165, 1.54) is 50.3 Å². The molecule has 1 rings (SSSR count). The lowest BCUT2D eigenvalue weighted by molar-refractivity contribution is -0.140. The monoisotopic (exact) mass is 342 g/mol. The van der Waals surface area contributed by atoms with Gasteiger partial charge in [-0.15, -0.1) is 11.8 Å². The van der Waals surface area contributed by atoms with Crippen LogP contribution in [-0.2, 0) is 9.53 Å². The molecule has 1 aromatic rings. The fourth-order valence-corrected chi connectivity index (χ4v) is 2.96. The number of ether oxygens (including phenoxy) is 1. The van der Waals surface area contributed by atoms with Gasteiger partial charge in [0.15, 0.2) is 0 Å². The molecule has 124 valence electrons. The highest BCUT2D eigenvalue weighted by molar-refractivity contribution is 8.00. The molecule has 0 bridgehead atoms. The second-order valence-electron chi connectivity index (χ2n) is 5.44. The van der Waals surface area contributed by atoms with Gasteiger partial charge in [0, 0.05) is 9.92 Å². The maximum Gasteiger partial charge on any atom is 0.316 e. The zero-order chi connectivity index (χ0) is 16.0. The van der Waals surface area contributed by atoms with Gasteiger partial charge >= 0.3 is 5.97 Å². The summed E-state index contributed by atoms with van der Waals surface area (Å²) >= 11 is 7.30. The number of hydrogen-bond donors (Lipinski definition) is 0. The van der Waals surface area contributed by atoms with Crippen molar-refractivity contribution < 1.29 is 9.53 Å². The van der Waals surface area contributed by atoms with Gasteiger partial charge in [-0.2, -0.15) is 0 Å². The van der Waals surface area contributed by atoms with Crippen LogP contribution in [0.1, 0.15) is 58.3 Å². The molecule has 4 heteroatoms. The van der Waals surface area contributed by atoms with Gasteiger partial charge in [0.1, 0.15) is 0 Å². The molecule has 0 aliphatic rings. The maximum atomic E-state index is 11.6. The Morgan fingerprint density at radius 3 is 2.23 bits per heavy atom. The van der Waals surface area contributed by atoms with Gasteiger partial charge in [-0.05, 0) is 30.7 Å². The molecule has 1 aromatic carbocycles. The van der Waals surface area contributed by atoms with E-state index in [-0.39, 0.29) is 5.97 Å². The number of carbonyl (C=O) groups excluding carboxylic acids is 1. The van der Waals surface area contributed by atoms with Crippen molar-refractivity contribution in [3.63, 3.8) is 0 Å². The largest absolute Gasteiger partial charge is 0.465 e. The van der Waals surface area contributed by atoms with Crippen LogP contribution in [0.3, 0.4) is 0 Å². The Balaban J connectivity index is 1.94. The molecule has 0 saturated heterocycles. The zero-order valence-corrected chi connectivity index (χ0v) is 15.1. The van der Waals surface area contributed by atoms with E-state index < -0.39 is 0 Å². The number of carbonyl (C=O) groups is 1. The quantitative estimate of drug-likeness (QED) is 0.260. The summed E-state index contributed by atoms with van der Waals surface area (Å²) in [6.45, 7) is 2.79. The minimum Gasteiger partial charge on any atom is -0.465 e. The fraction of sp³-hybridized carbons (Fsp3) is 0.611. The molecule has 0 aliphatic heterocycles. The van der Waals surface area contributed by atoms with Crippen LogP contribution in [0.25, 0.3) is 0 Å². The second-order valence-corrected chi connectivity index (χ2v) is 6.92. The van der Waals surface area contributed by atoms with Gasteiger partial charge in [-0.25, -0.2) is 0 Å². The van der Waals surface area contributed by atoms with Gasteiger partial charge < -0.3 is 4.74 Å². The third kappa shape index (κ3) is 10.1. The molecular weight excluding hydrogens is 316 g/mol. The second kappa shape index (κ2) is 12.8. The van der Waals surface area contributed by atoms with E-state index in [2.05, 4.69) is 6.92 Å². The standard InChI is InChI=1S/C18H27ClO2S/c1-2-3-4-5-6-7-8-9-14-21-18(20)15-22-17-12-10-16(19)11-13-17/h10-13H,2-9,14-15H2,1H3. The first kappa shape index (κ1) is 19.4. The van der Waals surface area contributed by atoms with Gasteiger partial charge in [0.05, 0.1) is 12.4 Å². The molecule has 0 aliphatic carbocycles. The molecular formula is C18H27ClO2S. The van der Waals surface area contributed by atoms with Crippen molar-refractivity contribution in [2.24, 2.45) is 0 Å². The maximum absolute atomic E-state index is 11.6. The van der Waals surface area contributed by atoms with Gasteiger partial charge in [-0.1, -0.05) is 63.5 Å². The third-order valence-electron chi connectivity index (χ3n) is 3.43. The van der Waals surface area contributed by atoms with Crippen LogP contribution in [-0.4, -0.2) is 18.3 Å². The van der Waals surface area contributed by atoms with Crippen molar-refractivity contribution in [3.8, 4) is 0 Å². The zero-order valence-electron chi connectivity index (χ0n) is 13.5. The predicted octanol–water partition coefficient (Wildman–Crippen LogP) is 6.12. The molecule has 22 heavy (non-hydrogen) atoms. The van der Waals surface area contributed by atoms with E-state index in [0.29, 0.717) is 17.4 Å². The average Bonchev–Trinajstić information content (AvgIpc) is 2.53. The molecule has 0 N–H and O–H groups in total. The van der Waals surface area contributed by atoms with E-state index in [0.717, 1.165) is 17.7 Å². The summed E-state index contributed by atoms with van der Waals surface area (Å²) in [5.74, 6) is 0.224. The molecule has 0 atom stereocenters. The molecule has 0 amide bonds. The first-order chi connectivity index (χ1) is 10.7. The predicted molar refractivity (Wildman–Crippen MR) is 95.7 cm³/mol. The van der Waals surface area contributed by atoms with Crippen LogP contribution in [0.5, 0.6) is 0 Å². The molecule has 0 saturated carbocycles. The van der Waals surface area contributed by atoms with Gasteiger partial charge in [0.2, 0.25) is 0 Å². The Morgan fingerprint density at radius 2 is 1.59 bits per heavy atom. The first-order valence-electron chi connectivity index (χ1n) is 8.26. The fourth-order valence-electron chi connectivity index (χ4n) is 2.14. The minimum absolute atomic E-state index is 0.136. The van der Waals surface area contributed by atoms with E-state index >= 15 is 0 Å². The van der Waals surface area contributed by atoms with Gasteiger partial charge in [-0.3, -0.25) is 4.79 Å². The van der Waals surface area contributed by atoms with Crippen molar-refractivity contribution in [2.45, 2.75) is 63.2 Å². The van der Waals surface area contributed by atoms with E-state index in [1.54, 1.807) is 0 Å². The Labute approximate surface area is 144 Å².